The van der Waals surface area contributed by atoms with E-state index in [0.29, 0.717) is 0 Å². The number of halogens is 1. The van der Waals surface area contributed by atoms with Crippen molar-refractivity contribution in [3.63, 3.8) is 0 Å². The molecule has 4 heteroatoms. The van der Waals surface area contributed by atoms with Gasteiger partial charge in [0.1, 0.15) is 6.17 Å². The minimum absolute atomic E-state index is 0.0844. The van der Waals surface area contributed by atoms with E-state index in [1.807, 2.05) is 0 Å². The van der Waals surface area contributed by atoms with Crippen LogP contribution >= 0.6 is 0 Å². The van der Waals surface area contributed by atoms with Crippen molar-refractivity contribution in [3.05, 3.63) is 0 Å². The van der Waals surface area contributed by atoms with Crippen molar-refractivity contribution in [1.29, 1.82) is 0 Å². The normalized spacial score (nSPS) is 44.3. The molecule has 1 N–H and O–H groups in total. The third kappa shape index (κ3) is 0.874. The lowest BCUT2D eigenvalue weighted by Gasteiger charge is -2.28. The van der Waals surface area contributed by atoms with E-state index in [9.17, 15) is 14.3 Å². The first kappa shape index (κ1) is 5.91. The van der Waals surface area contributed by atoms with Gasteiger partial charge in [0.2, 0.25) is 5.91 Å². The van der Waals surface area contributed by atoms with Gasteiger partial charge >= 0.3 is 0 Å². The molecule has 2 rings (SSSR count). The summed E-state index contributed by atoms with van der Waals surface area (Å²) in [6.07, 6.45) is -0.911. The van der Waals surface area contributed by atoms with E-state index < -0.39 is 18.3 Å². The SMILES string of the molecule is [2H]C([2H])(O)[C@]12CCC(=O)N1C[C@@H](F)C2. The number of alkyl halides is 1. The molecular formula is C8H12FNO2. The fraction of sp³-hybridized carbons (Fsp3) is 0.875. The van der Waals surface area contributed by atoms with Gasteiger partial charge in [-0.25, -0.2) is 4.39 Å². The first-order chi connectivity index (χ1) is 6.37. The second kappa shape index (κ2) is 2.42. The Balaban J connectivity index is 2.37. The van der Waals surface area contributed by atoms with Crippen LogP contribution < -0.4 is 0 Å². The molecule has 0 bridgehead atoms. The van der Waals surface area contributed by atoms with Crippen LogP contribution in [0.3, 0.4) is 0 Å². The predicted octanol–water partition coefficient (Wildman–Crippen LogP) is 0.0817. The minimum Gasteiger partial charge on any atom is -0.394 e. The monoisotopic (exact) mass is 175 g/mol. The molecule has 0 saturated carbocycles. The van der Waals surface area contributed by atoms with Crippen molar-refractivity contribution in [2.75, 3.05) is 13.1 Å². The summed E-state index contributed by atoms with van der Waals surface area (Å²) in [5.41, 5.74) is -1.32. The molecule has 2 heterocycles. The molecule has 0 spiro atoms. The number of hydrogen-bond acceptors (Lipinski definition) is 2. The number of rotatable bonds is 1. The fourth-order valence-electron chi connectivity index (χ4n) is 2.10. The average molecular weight is 175 g/mol. The molecule has 2 aliphatic rings. The number of aliphatic hydroxyl groups is 1. The molecule has 3 nitrogen and oxygen atoms in total. The minimum atomic E-state index is -2.51. The largest absolute Gasteiger partial charge is 0.394 e. The fourth-order valence-corrected chi connectivity index (χ4v) is 2.10. The molecule has 0 unspecified atom stereocenters. The molecule has 1 amide bonds. The summed E-state index contributed by atoms with van der Waals surface area (Å²) < 4.78 is 27.7. The van der Waals surface area contributed by atoms with Gasteiger partial charge in [-0.15, -0.1) is 0 Å². The quantitative estimate of drug-likeness (QED) is 0.613. The van der Waals surface area contributed by atoms with Crippen LogP contribution in [0.5, 0.6) is 0 Å². The van der Waals surface area contributed by atoms with Crippen molar-refractivity contribution in [2.24, 2.45) is 0 Å². The van der Waals surface area contributed by atoms with Crippen molar-refractivity contribution in [2.45, 2.75) is 31.0 Å². The van der Waals surface area contributed by atoms with E-state index in [1.54, 1.807) is 0 Å². The van der Waals surface area contributed by atoms with E-state index >= 15 is 0 Å². The van der Waals surface area contributed by atoms with Crippen LogP contribution in [0, 0.1) is 0 Å². The van der Waals surface area contributed by atoms with Crippen LogP contribution in [0.2, 0.25) is 0 Å². The highest BCUT2D eigenvalue weighted by Crippen LogP contribution is 2.40. The molecule has 0 aromatic heterocycles. The Labute approximate surface area is 73.0 Å². The number of carbonyl (C=O) groups excluding carboxylic acids is 1. The van der Waals surface area contributed by atoms with Gasteiger partial charge in [-0.3, -0.25) is 4.79 Å². The second-order valence-corrected chi connectivity index (χ2v) is 3.45. The first-order valence-electron chi connectivity index (χ1n) is 5.04. The van der Waals surface area contributed by atoms with Crippen molar-refractivity contribution in [1.82, 2.24) is 4.90 Å². The Morgan fingerprint density at radius 2 is 2.67 bits per heavy atom. The smallest absolute Gasteiger partial charge is 0.223 e. The third-order valence-electron chi connectivity index (χ3n) is 2.72. The van der Waals surface area contributed by atoms with Gasteiger partial charge in [0, 0.05) is 12.8 Å². The Morgan fingerprint density at radius 3 is 3.25 bits per heavy atom. The highest BCUT2D eigenvalue weighted by atomic mass is 19.1. The lowest BCUT2D eigenvalue weighted by Crippen LogP contribution is -2.43. The summed E-state index contributed by atoms with van der Waals surface area (Å²) in [7, 11) is 0. The Bertz CT molecular complexity index is 281. The Hall–Kier alpha value is -0.640. The number of hydrogen-bond donors (Lipinski definition) is 1. The average Bonchev–Trinajstić information content (AvgIpc) is 2.49. The standard InChI is InChI=1S/C8H12FNO2/c9-6-3-8(5-11)2-1-7(12)10(8)4-6/h6,11H,1-5H2/t6-,8+/m0/s1/i5D2. The van der Waals surface area contributed by atoms with Crippen molar-refractivity contribution in [3.8, 4) is 0 Å². The van der Waals surface area contributed by atoms with Gasteiger partial charge < -0.3 is 10.0 Å². The Morgan fingerprint density at radius 1 is 1.92 bits per heavy atom. The van der Waals surface area contributed by atoms with Crippen LogP contribution in [0.4, 0.5) is 4.39 Å². The molecule has 0 aliphatic carbocycles. The van der Waals surface area contributed by atoms with E-state index in [1.165, 1.54) is 0 Å². The first-order valence-corrected chi connectivity index (χ1v) is 4.04. The number of carbonyl (C=O) groups is 1. The summed E-state index contributed by atoms with van der Waals surface area (Å²) in [6, 6.07) is 0. The zero-order chi connectivity index (χ0) is 10.6. The van der Waals surface area contributed by atoms with Gasteiger partial charge in [-0.1, -0.05) is 0 Å². The summed E-state index contributed by atoms with van der Waals surface area (Å²) in [5, 5.41) is 9.39. The van der Waals surface area contributed by atoms with E-state index in [-0.39, 0.29) is 31.7 Å². The summed E-state index contributed by atoms with van der Waals surface area (Å²) in [5.74, 6) is -0.261. The van der Waals surface area contributed by atoms with Crippen molar-refractivity contribution >= 4 is 5.91 Å². The topological polar surface area (TPSA) is 40.5 Å². The highest BCUT2D eigenvalue weighted by Gasteiger charge is 2.51. The van der Waals surface area contributed by atoms with Crippen LogP contribution in [0.25, 0.3) is 0 Å². The molecule has 2 saturated heterocycles. The van der Waals surface area contributed by atoms with Crippen molar-refractivity contribution < 1.29 is 17.0 Å². The van der Waals surface area contributed by atoms with Crippen LogP contribution in [0.15, 0.2) is 0 Å². The van der Waals surface area contributed by atoms with Gasteiger partial charge in [-0.2, -0.15) is 0 Å². The molecule has 0 aromatic rings. The Kier molecular flexibility index (Phi) is 1.19. The number of amides is 1. The molecule has 12 heavy (non-hydrogen) atoms. The van der Waals surface area contributed by atoms with Crippen LogP contribution in [-0.4, -0.2) is 40.7 Å². The zero-order valence-electron chi connectivity index (χ0n) is 8.59. The van der Waals surface area contributed by atoms with Gasteiger partial charge in [0.05, 0.1) is 21.4 Å². The maximum Gasteiger partial charge on any atom is 0.223 e. The van der Waals surface area contributed by atoms with Crippen LogP contribution in [-0.2, 0) is 4.79 Å². The number of nitrogens with zero attached hydrogens (tertiary/aromatic N) is 1. The van der Waals surface area contributed by atoms with E-state index in [4.69, 9.17) is 2.74 Å². The molecule has 2 atom stereocenters. The zero-order valence-corrected chi connectivity index (χ0v) is 6.59. The van der Waals surface area contributed by atoms with Crippen LogP contribution in [0.1, 0.15) is 22.0 Å². The summed E-state index contributed by atoms with van der Waals surface area (Å²) in [6.45, 7) is -2.60. The highest BCUT2D eigenvalue weighted by molar-refractivity contribution is 5.80. The lowest BCUT2D eigenvalue weighted by molar-refractivity contribution is -0.130. The molecule has 0 aromatic carbocycles. The van der Waals surface area contributed by atoms with Gasteiger partial charge in [0.15, 0.2) is 0 Å². The summed E-state index contributed by atoms with van der Waals surface area (Å²) in [4.78, 5) is 12.5. The third-order valence-corrected chi connectivity index (χ3v) is 2.72. The predicted molar refractivity (Wildman–Crippen MR) is 40.3 cm³/mol. The second-order valence-electron chi connectivity index (χ2n) is 3.45. The molecule has 68 valence electrons. The van der Waals surface area contributed by atoms with Gasteiger partial charge in [0.25, 0.3) is 0 Å². The van der Waals surface area contributed by atoms with E-state index in [0.717, 1.165) is 4.90 Å². The maximum absolute atomic E-state index is 13.1. The molecule has 0 radical (unpaired) electrons. The lowest BCUT2D eigenvalue weighted by atomic mass is 9.95. The van der Waals surface area contributed by atoms with E-state index in [2.05, 4.69) is 0 Å². The van der Waals surface area contributed by atoms with Gasteiger partial charge in [-0.05, 0) is 6.42 Å². The maximum atomic E-state index is 13.1. The molecular weight excluding hydrogens is 161 g/mol. The molecule has 2 aliphatic heterocycles. The summed E-state index contributed by atoms with van der Waals surface area (Å²) >= 11 is 0. The molecule has 2 fully saturated rings. The number of fused-ring (bicyclic) bond motifs is 1.